The molecule has 1 aliphatic heterocycles. The van der Waals surface area contributed by atoms with Gasteiger partial charge in [0.2, 0.25) is 0 Å². The molecule has 0 saturated carbocycles. The van der Waals surface area contributed by atoms with Crippen LogP contribution in [-0.4, -0.2) is 17.8 Å². The van der Waals surface area contributed by atoms with Gasteiger partial charge in [0, 0.05) is 0 Å². The van der Waals surface area contributed by atoms with Crippen molar-refractivity contribution in [3.05, 3.63) is 35.9 Å². The maximum Gasteiger partial charge on any atom is 0.0603 e. The number of aliphatic hydroxyl groups is 1. The Morgan fingerprint density at radius 1 is 1.27 bits per heavy atom. The van der Waals surface area contributed by atoms with Gasteiger partial charge in [0.25, 0.3) is 0 Å². The zero-order chi connectivity index (χ0) is 7.68. The van der Waals surface area contributed by atoms with Crippen LogP contribution < -0.4 is 5.32 Å². The maximum atomic E-state index is 8.78. The molecule has 0 spiro atoms. The van der Waals surface area contributed by atoms with E-state index < -0.39 is 0 Å². The third kappa shape index (κ3) is 1.27. The predicted octanol–water partition coefficient (Wildman–Crippen LogP) is 0.692. The van der Waals surface area contributed by atoms with Crippen molar-refractivity contribution in [1.29, 1.82) is 0 Å². The van der Waals surface area contributed by atoms with E-state index >= 15 is 0 Å². The number of aliphatic hydroxyl groups excluding tert-OH is 1. The SMILES string of the molecule is OC[C@H]1N[C@H]1c1ccccc1. The lowest BCUT2D eigenvalue weighted by Gasteiger charge is -1.93. The summed E-state index contributed by atoms with van der Waals surface area (Å²) < 4.78 is 0. The largest absolute Gasteiger partial charge is 0.395 e. The summed E-state index contributed by atoms with van der Waals surface area (Å²) >= 11 is 0. The number of hydrogen-bond acceptors (Lipinski definition) is 2. The normalized spacial score (nSPS) is 28.5. The zero-order valence-corrected chi connectivity index (χ0v) is 6.20. The van der Waals surface area contributed by atoms with Crippen LogP contribution in [0.25, 0.3) is 0 Å². The van der Waals surface area contributed by atoms with E-state index in [4.69, 9.17) is 5.11 Å². The molecular formula is C9H11NO. The highest BCUT2D eigenvalue weighted by atomic mass is 16.3. The Hall–Kier alpha value is -0.860. The van der Waals surface area contributed by atoms with Crippen molar-refractivity contribution in [3.8, 4) is 0 Å². The van der Waals surface area contributed by atoms with Crippen LogP contribution in [0.1, 0.15) is 11.6 Å². The Morgan fingerprint density at radius 2 is 2.00 bits per heavy atom. The van der Waals surface area contributed by atoms with E-state index in [9.17, 15) is 0 Å². The van der Waals surface area contributed by atoms with E-state index in [0.717, 1.165) is 0 Å². The van der Waals surface area contributed by atoms with Crippen LogP contribution in [0, 0.1) is 0 Å². The highest BCUT2D eigenvalue weighted by Gasteiger charge is 2.36. The standard InChI is InChI=1S/C9H11NO/c11-6-8-9(10-8)7-4-2-1-3-5-7/h1-5,8-11H,6H2/t8-,9+/m1/s1. The van der Waals surface area contributed by atoms with Crippen LogP contribution in [0.15, 0.2) is 30.3 Å². The first-order chi connectivity index (χ1) is 5.42. The highest BCUT2D eigenvalue weighted by molar-refractivity contribution is 5.25. The molecule has 0 bridgehead atoms. The van der Waals surface area contributed by atoms with Gasteiger partial charge in [-0.3, -0.25) is 0 Å². The van der Waals surface area contributed by atoms with Gasteiger partial charge in [-0.15, -0.1) is 0 Å². The van der Waals surface area contributed by atoms with Crippen molar-refractivity contribution >= 4 is 0 Å². The Kier molecular flexibility index (Phi) is 1.64. The molecule has 2 atom stereocenters. The minimum absolute atomic E-state index is 0.236. The summed E-state index contributed by atoms with van der Waals surface area (Å²) in [5.41, 5.74) is 1.27. The summed E-state index contributed by atoms with van der Waals surface area (Å²) in [6.07, 6.45) is 0. The molecule has 1 fully saturated rings. The summed E-state index contributed by atoms with van der Waals surface area (Å²) in [6, 6.07) is 10.9. The molecule has 2 rings (SSSR count). The van der Waals surface area contributed by atoms with Crippen molar-refractivity contribution in [2.45, 2.75) is 12.1 Å². The van der Waals surface area contributed by atoms with Gasteiger partial charge in [0.1, 0.15) is 0 Å². The molecule has 2 heteroatoms. The second-order valence-electron chi connectivity index (χ2n) is 2.84. The Labute approximate surface area is 65.9 Å². The smallest absolute Gasteiger partial charge is 0.0603 e. The van der Waals surface area contributed by atoms with Gasteiger partial charge in [-0.2, -0.15) is 0 Å². The first kappa shape index (κ1) is 6.83. The summed E-state index contributed by atoms with van der Waals surface area (Å²) in [6.45, 7) is 0.236. The van der Waals surface area contributed by atoms with Crippen LogP contribution in [-0.2, 0) is 0 Å². The van der Waals surface area contributed by atoms with E-state index in [1.165, 1.54) is 5.56 Å². The average molecular weight is 149 g/mol. The lowest BCUT2D eigenvalue weighted by molar-refractivity contribution is 0.294. The van der Waals surface area contributed by atoms with Gasteiger partial charge in [-0.1, -0.05) is 30.3 Å². The summed E-state index contributed by atoms with van der Waals surface area (Å²) in [5, 5.41) is 12.0. The van der Waals surface area contributed by atoms with E-state index in [2.05, 4.69) is 17.4 Å². The minimum Gasteiger partial charge on any atom is -0.395 e. The molecule has 0 radical (unpaired) electrons. The Balaban J connectivity index is 2.09. The molecule has 1 heterocycles. The van der Waals surface area contributed by atoms with Crippen molar-refractivity contribution < 1.29 is 5.11 Å². The summed E-state index contributed by atoms with van der Waals surface area (Å²) in [4.78, 5) is 0. The van der Waals surface area contributed by atoms with Gasteiger partial charge in [-0.05, 0) is 5.56 Å². The number of rotatable bonds is 2. The molecule has 1 aromatic carbocycles. The maximum absolute atomic E-state index is 8.78. The predicted molar refractivity (Wildman–Crippen MR) is 43.2 cm³/mol. The molecule has 2 N–H and O–H groups in total. The molecule has 2 nitrogen and oxygen atoms in total. The quantitative estimate of drug-likeness (QED) is 0.607. The van der Waals surface area contributed by atoms with Crippen molar-refractivity contribution in [2.75, 3.05) is 6.61 Å². The van der Waals surface area contributed by atoms with Crippen LogP contribution >= 0.6 is 0 Å². The number of nitrogens with one attached hydrogen (secondary N) is 1. The molecule has 0 amide bonds. The van der Waals surface area contributed by atoms with E-state index in [1.807, 2.05) is 18.2 Å². The van der Waals surface area contributed by atoms with Crippen LogP contribution in [0.2, 0.25) is 0 Å². The van der Waals surface area contributed by atoms with Crippen molar-refractivity contribution in [2.24, 2.45) is 0 Å². The molecule has 11 heavy (non-hydrogen) atoms. The molecule has 1 saturated heterocycles. The molecular weight excluding hydrogens is 138 g/mol. The fourth-order valence-corrected chi connectivity index (χ4v) is 1.32. The molecule has 1 aromatic rings. The Morgan fingerprint density at radius 3 is 2.55 bits per heavy atom. The molecule has 1 aliphatic rings. The highest BCUT2D eigenvalue weighted by Crippen LogP contribution is 2.28. The van der Waals surface area contributed by atoms with Gasteiger partial charge in [0.05, 0.1) is 18.7 Å². The lowest BCUT2D eigenvalue weighted by atomic mass is 10.1. The molecule has 0 aromatic heterocycles. The fourth-order valence-electron chi connectivity index (χ4n) is 1.32. The number of hydrogen-bond donors (Lipinski definition) is 2. The topological polar surface area (TPSA) is 42.2 Å². The fraction of sp³-hybridized carbons (Fsp3) is 0.333. The van der Waals surface area contributed by atoms with Crippen molar-refractivity contribution in [3.63, 3.8) is 0 Å². The molecule has 0 aliphatic carbocycles. The second kappa shape index (κ2) is 2.64. The van der Waals surface area contributed by atoms with E-state index in [-0.39, 0.29) is 12.6 Å². The molecule has 58 valence electrons. The van der Waals surface area contributed by atoms with Gasteiger partial charge in [-0.25, -0.2) is 0 Å². The van der Waals surface area contributed by atoms with Crippen LogP contribution in [0.4, 0.5) is 0 Å². The Bertz CT molecular complexity index is 235. The van der Waals surface area contributed by atoms with Crippen LogP contribution in [0.5, 0.6) is 0 Å². The molecule has 0 unspecified atom stereocenters. The monoisotopic (exact) mass is 149 g/mol. The zero-order valence-electron chi connectivity index (χ0n) is 6.20. The summed E-state index contributed by atoms with van der Waals surface area (Å²) in [7, 11) is 0. The first-order valence-corrected chi connectivity index (χ1v) is 3.83. The van der Waals surface area contributed by atoms with E-state index in [0.29, 0.717) is 6.04 Å². The van der Waals surface area contributed by atoms with Gasteiger partial charge >= 0.3 is 0 Å². The van der Waals surface area contributed by atoms with Gasteiger partial charge < -0.3 is 10.4 Å². The second-order valence-corrected chi connectivity index (χ2v) is 2.84. The third-order valence-corrected chi connectivity index (χ3v) is 2.04. The van der Waals surface area contributed by atoms with E-state index in [1.54, 1.807) is 0 Å². The third-order valence-electron chi connectivity index (χ3n) is 2.04. The van der Waals surface area contributed by atoms with Gasteiger partial charge in [0.15, 0.2) is 0 Å². The lowest BCUT2D eigenvalue weighted by Crippen LogP contribution is -1.95. The first-order valence-electron chi connectivity index (χ1n) is 3.83. The average Bonchev–Trinajstić information content (AvgIpc) is 2.85. The van der Waals surface area contributed by atoms with Crippen LogP contribution in [0.3, 0.4) is 0 Å². The summed E-state index contributed by atoms with van der Waals surface area (Å²) in [5.74, 6) is 0. The number of benzene rings is 1. The minimum atomic E-state index is 0.236. The van der Waals surface area contributed by atoms with Crippen molar-refractivity contribution in [1.82, 2.24) is 5.32 Å².